The van der Waals surface area contributed by atoms with Gasteiger partial charge in [0.1, 0.15) is 0 Å². The molecule has 2 aromatic rings. The zero-order valence-electron chi connectivity index (χ0n) is 18.3. The largest absolute Gasteiger partial charge is 0.493 e. The third-order valence-electron chi connectivity index (χ3n) is 4.75. The Morgan fingerprint density at radius 2 is 1.94 bits per heavy atom. The summed E-state index contributed by atoms with van der Waals surface area (Å²) in [6, 6.07) is 13.1. The Morgan fingerprint density at radius 3 is 2.64 bits per heavy atom. The molecule has 1 heterocycles. The normalized spacial score (nSPS) is 14.6. The number of methoxy groups -OCH3 is 1. The molecule has 1 aliphatic rings. The minimum atomic E-state index is -0.527. The van der Waals surface area contributed by atoms with Crippen LogP contribution in [0.15, 0.2) is 47.4 Å². The zero-order chi connectivity index (χ0) is 23.8. The number of imide groups is 1. The van der Waals surface area contributed by atoms with Crippen molar-refractivity contribution in [1.29, 1.82) is 0 Å². The van der Waals surface area contributed by atoms with Gasteiger partial charge in [0.15, 0.2) is 18.1 Å². The highest BCUT2D eigenvalue weighted by Gasteiger charge is 2.34. The van der Waals surface area contributed by atoms with E-state index in [-0.39, 0.29) is 35.1 Å². The lowest BCUT2D eigenvalue weighted by molar-refractivity contribution is -0.145. The smallest absolute Gasteiger partial charge is 0.344 e. The van der Waals surface area contributed by atoms with E-state index in [2.05, 4.69) is 0 Å². The third-order valence-corrected chi connectivity index (χ3v) is 5.94. The van der Waals surface area contributed by atoms with E-state index >= 15 is 0 Å². The van der Waals surface area contributed by atoms with Gasteiger partial charge in [-0.25, -0.2) is 4.79 Å². The summed E-state index contributed by atoms with van der Waals surface area (Å²) in [5.74, 6) is -0.380. The first-order chi connectivity index (χ1) is 15.9. The van der Waals surface area contributed by atoms with E-state index in [9.17, 15) is 14.4 Å². The molecule has 1 aliphatic heterocycles. The number of benzene rings is 2. The van der Waals surface area contributed by atoms with Crippen molar-refractivity contribution in [2.45, 2.75) is 19.8 Å². The van der Waals surface area contributed by atoms with E-state index in [4.69, 9.17) is 25.8 Å². The number of rotatable bonds is 10. The molecule has 0 bridgehead atoms. The highest BCUT2D eigenvalue weighted by molar-refractivity contribution is 8.18. The Balaban J connectivity index is 1.69. The number of carbonyl (C=O) groups is 3. The number of carbonyl (C=O) groups excluding carboxylic acids is 3. The van der Waals surface area contributed by atoms with Crippen LogP contribution in [0.1, 0.15) is 24.5 Å². The van der Waals surface area contributed by atoms with Crippen LogP contribution in [0.2, 0.25) is 5.02 Å². The van der Waals surface area contributed by atoms with E-state index in [0.717, 1.165) is 23.7 Å². The molecule has 174 valence electrons. The lowest BCUT2D eigenvalue weighted by Crippen LogP contribution is -2.29. The van der Waals surface area contributed by atoms with Gasteiger partial charge in [0.25, 0.3) is 11.1 Å². The first kappa shape index (κ1) is 24.7. The molecule has 0 aromatic heterocycles. The molecule has 0 radical (unpaired) electrons. The van der Waals surface area contributed by atoms with Crippen molar-refractivity contribution >= 4 is 46.6 Å². The summed E-state index contributed by atoms with van der Waals surface area (Å²) < 4.78 is 15.6. The Labute approximate surface area is 201 Å². The summed E-state index contributed by atoms with van der Waals surface area (Å²) in [4.78, 5) is 38.3. The Morgan fingerprint density at radius 1 is 1.18 bits per heavy atom. The maximum Gasteiger partial charge on any atom is 0.344 e. The van der Waals surface area contributed by atoms with Crippen LogP contribution >= 0.6 is 23.4 Å². The number of ether oxygens (including phenoxy) is 3. The van der Waals surface area contributed by atoms with Crippen LogP contribution in [-0.4, -0.2) is 48.9 Å². The fraction of sp³-hybridized carbons (Fsp3) is 0.292. The molecular formula is C24H24ClNO6S. The van der Waals surface area contributed by atoms with E-state index in [1.165, 1.54) is 12.0 Å². The topological polar surface area (TPSA) is 82.1 Å². The molecule has 0 unspecified atom stereocenters. The Hall–Kier alpha value is -2.97. The molecule has 0 N–H and O–H groups in total. The molecule has 0 spiro atoms. The average Bonchev–Trinajstić information content (AvgIpc) is 3.06. The highest BCUT2D eigenvalue weighted by atomic mass is 35.5. The molecule has 9 heteroatoms. The second-order valence-electron chi connectivity index (χ2n) is 7.05. The second kappa shape index (κ2) is 11.8. The van der Waals surface area contributed by atoms with Gasteiger partial charge in [0.2, 0.25) is 0 Å². The van der Waals surface area contributed by atoms with Gasteiger partial charge in [0.05, 0.1) is 23.6 Å². The number of hydrogen-bond acceptors (Lipinski definition) is 7. The maximum atomic E-state index is 12.8. The van der Waals surface area contributed by atoms with Crippen molar-refractivity contribution in [2.24, 2.45) is 0 Å². The number of hydrogen-bond donors (Lipinski definition) is 0. The average molecular weight is 490 g/mol. The van der Waals surface area contributed by atoms with Crippen molar-refractivity contribution in [2.75, 3.05) is 26.9 Å². The van der Waals surface area contributed by atoms with Crippen molar-refractivity contribution < 1.29 is 28.6 Å². The van der Waals surface area contributed by atoms with E-state index in [1.807, 2.05) is 30.3 Å². The zero-order valence-corrected chi connectivity index (χ0v) is 19.9. The summed E-state index contributed by atoms with van der Waals surface area (Å²) in [6.45, 7) is 1.98. The number of amides is 2. The highest BCUT2D eigenvalue weighted by Crippen LogP contribution is 2.39. The molecule has 2 aromatic carbocycles. The van der Waals surface area contributed by atoms with Gasteiger partial charge in [-0.1, -0.05) is 41.9 Å². The molecule has 7 nitrogen and oxygen atoms in total. The summed E-state index contributed by atoms with van der Waals surface area (Å²) in [7, 11) is 1.44. The SMILES string of the molecule is CCOC(=O)COc1c(Cl)cc(/C=C2/SC(=O)N(CCCc3ccccc3)C2=O)cc1OC. The van der Waals surface area contributed by atoms with Gasteiger partial charge < -0.3 is 14.2 Å². The lowest BCUT2D eigenvalue weighted by atomic mass is 10.1. The third kappa shape index (κ3) is 6.52. The summed E-state index contributed by atoms with van der Waals surface area (Å²) in [5, 5.41) is -0.0984. The molecule has 0 atom stereocenters. The van der Waals surface area contributed by atoms with Crippen molar-refractivity contribution in [3.63, 3.8) is 0 Å². The monoisotopic (exact) mass is 489 g/mol. The number of esters is 1. The number of nitrogens with zero attached hydrogens (tertiary/aromatic N) is 1. The Kier molecular flexibility index (Phi) is 8.79. The number of halogens is 1. The van der Waals surface area contributed by atoms with Crippen LogP contribution in [0.25, 0.3) is 6.08 Å². The fourth-order valence-electron chi connectivity index (χ4n) is 3.23. The molecular weight excluding hydrogens is 466 g/mol. The van der Waals surface area contributed by atoms with Crippen LogP contribution in [0, 0.1) is 0 Å². The molecule has 1 saturated heterocycles. The quantitative estimate of drug-likeness (QED) is 0.344. The van der Waals surface area contributed by atoms with E-state index in [1.54, 1.807) is 25.1 Å². The Bertz CT molecular complexity index is 1060. The van der Waals surface area contributed by atoms with Crippen LogP contribution in [0.5, 0.6) is 11.5 Å². The van der Waals surface area contributed by atoms with Gasteiger partial charge in [-0.15, -0.1) is 0 Å². The number of aryl methyl sites for hydroxylation is 1. The molecule has 1 fully saturated rings. The minimum absolute atomic E-state index is 0.193. The van der Waals surface area contributed by atoms with Crippen molar-refractivity contribution in [3.8, 4) is 11.5 Å². The van der Waals surface area contributed by atoms with E-state index in [0.29, 0.717) is 29.2 Å². The van der Waals surface area contributed by atoms with Crippen LogP contribution in [0.3, 0.4) is 0 Å². The predicted octanol–water partition coefficient (Wildman–Crippen LogP) is 4.96. The summed E-state index contributed by atoms with van der Waals surface area (Å²) in [5.41, 5.74) is 1.72. The van der Waals surface area contributed by atoms with Gasteiger partial charge in [0, 0.05) is 6.54 Å². The molecule has 33 heavy (non-hydrogen) atoms. The predicted molar refractivity (Wildman–Crippen MR) is 128 cm³/mol. The van der Waals surface area contributed by atoms with E-state index < -0.39 is 5.97 Å². The van der Waals surface area contributed by atoms with Crippen molar-refractivity contribution in [3.05, 3.63) is 63.5 Å². The molecule has 0 aliphatic carbocycles. The minimum Gasteiger partial charge on any atom is -0.493 e. The van der Waals surface area contributed by atoms with Crippen LogP contribution in [0.4, 0.5) is 4.79 Å². The second-order valence-corrected chi connectivity index (χ2v) is 8.45. The summed E-state index contributed by atoms with van der Waals surface area (Å²) >= 11 is 7.21. The fourth-order valence-corrected chi connectivity index (χ4v) is 4.37. The first-order valence-electron chi connectivity index (χ1n) is 10.4. The lowest BCUT2D eigenvalue weighted by Gasteiger charge is -2.13. The van der Waals surface area contributed by atoms with Crippen LogP contribution < -0.4 is 9.47 Å². The van der Waals surface area contributed by atoms with Gasteiger partial charge in [-0.2, -0.15) is 0 Å². The molecule has 2 amide bonds. The van der Waals surface area contributed by atoms with Gasteiger partial charge in [-0.05, 0) is 60.9 Å². The van der Waals surface area contributed by atoms with Crippen molar-refractivity contribution in [1.82, 2.24) is 4.90 Å². The summed E-state index contributed by atoms with van der Waals surface area (Å²) in [6.07, 6.45) is 3.05. The first-order valence-corrected chi connectivity index (χ1v) is 11.6. The van der Waals surface area contributed by atoms with Gasteiger partial charge in [-0.3, -0.25) is 14.5 Å². The number of thioether (sulfide) groups is 1. The molecule has 0 saturated carbocycles. The van der Waals surface area contributed by atoms with Crippen LogP contribution in [-0.2, 0) is 20.7 Å². The maximum absolute atomic E-state index is 12.8. The standard InChI is InChI=1S/C24H24ClNO6S/c1-3-31-21(27)15-32-22-18(25)12-17(13-19(22)30-2)14-20-23(28)26(24(29)33-20)11-7-10-16-8-5-4-6-9-16/h4-6,8-9,12-14H,3,7,10-11,15H2,1-2H3/b20-14+. The van der Waals surface area contributed by atoms with Gasteiger partial charge >= 0.3 is 5.97 Å². The molecule has 3 rings (SSSR count).